The van der Waals surface area contributed by atoms with Gasteiger partial charge in [-0.2, -0.15) is 5.26 Å². The van der Waals surface area contributed by atoms with E-state index in [1.54, 1.807) is 0 Å². The van der Waals surface area contributed by atoms with Crippen LogP contribution in [-0.2, 0) is 11.2 Å². The lowest BCUT2D eigenvalue weighted by molar-refractivity contribution is -0.140. The van der Waals surface area contributed by atoms with Crippen molar-refractivity contribution in [2.75, 3.05) is 0 Å². The second kappa shape index (κ2) is 14.8. The van der Waals surface area contributed by atoms with Crippen molar-refractivity contribution in [3.8, 4) is 23.1 Å². The molecule has 1 aliphatic rings. The first-order valence-corrected chi connectivity index (χ1v) is 14.3. The number of carbonyl (C=O) groups is 1. The Labute approximate surface area is 218 Å². The molecule has 3 rings (SSSR count). The zero-order valence-corrected chi connectivity index (χ0v) is 22.4. The summed E-state index contributed by atoms with van der Waals surface area (Å²) in [5.74, 6) is 0.296. The van der Waals surface area contributed by atoms with Crippen molar-refractivity contribution in [3.05, 3.63) is 48.2 Å². The molecule has 1 aromatic heterocycles. The molecule has 1 aliphatic carbocycles. The molecule has 4 heteroatoms. The number of carbonyl (C=O) groups excluding carboxylic acids is 1. The molecule has 1 aromatic carbocycles. The fourth-order valence-corrected chi connectivity index (χ4v) is 5.26. The number of nitrogens with zero attached hydrogens (tertiary/aromatic N) is 2. The average Bonchev–Trinajstić information content (AvgIpc) is 2.92. The molecule has 0 bridgehead atoms. The van der Waals surface area contributed by atoms with Gasteiger partial charge in [-0.15, -0.1) is 0 Å². The van der Waals surface area contributed by atoms with E-state index in [0.29, 0.717) is 5.75 Å². The number of nitriles is 1. The maximum absolute atomic E-state index is 12.8. The van der Waals surface area contributed by atoms with Gasteiger partial charge in [0.05, 0.1) is 23.1 Å². The molecule has 0 radical (unpaired) electrons. The van der Waals surface area contributed by atoms with Gasteiger partial charge in [-0.05, 0) is 80.8 Å². The maximum Gasteiger partial charge on any atom is 0.314 e. The van der Waals surface area contributed by atoms with E-state index < -0.39 is 0 Å². The quantitative estimate of drug-likeness (QED) is 0.151. The summed E-state index contributed by atoms with van der Waals surface area (Å²) in [6.07, 6.45) is 18.3. The van der Waals surface area contributed by atoms with Gasteiger partial charge in [-0.1, -0.05) is 71.3 Å². The van der Waals surface area contributed by atoms with Crippen molar-refractivity contribution >= 4 is 5.97 Å². The van der Waals surface area contributed by atoms with E-state index in [0.717, 1.165) is 56.2 Å². The third-order valence-corrected chi connectivity index (χ3v) is 7.78. The number of unbranched alkanes of at least 4 members (excludes halogenated alkanes) is 7. The van der Waals surface area contributed by atoms with Gasteiger partial charge in [0.2, 0.25) is 0 Å². The summed E-state index contributed by atoms with van der Waals surface area (Å²) in [5.41, 5.74) is 2.95. The first kappa shape index (κ1) is 27.9. The first-order valence-electron chi connectivity index (χ1n) is 14.3. The number of benzene rings is 1. The molecule has 0 saturated heterocycles. The summed E-state index contributed by atoms with van der Waals surface area (Å²) in [6.45, 7) is 4.44. The van der Waals surface area contributed by atoms with Crippen LogP contribution >= 0.6 is 0 Å². The highest BCUT2D eigenvalue weighted by Gasteiger charge is 2.37. The average molecular weight is 489 g/mol. The molecule has 194 valence electrons. The van der Waals surface area contributed by atoms with Crippen molar-refractivity contribution in [1.82, 2.24) is 4.98 Å². The second-order valence-electron chi connectivity index (χ2n) is 10.6. The van der Waals surface area contributed by atoms with Crippen LogP contribution < -0.4 is 4.74 Å². The molecule has 1 saturated carbocycles. The molecule has 0 aliphatic heterocycles. The second-order valence-corrected chi connectivity index (χ2v) is 10.6. The fraction of sp³-hybridized carbons (Fsp3) is 0.594. The van der Waals surface area contributed by atoms with Gasteiger partial charge < -0.3 is 4.74 Å². The third-order valence-electron chi connectivity index (χ3n) is 7.78. The van der Waals surface area contributed by atoms with Crippen LogP contribution in [0.1, 0.15) is 109 Å². The molecule has 2 aromatic rings. The highest BCUT2D eigenvalue weighted by Crippen LogP contribution is 2.43. The minimum atomic E-state index is -0.249. The van der Waals surface area contributed by atoms with Crippen LogP contribution in [0.2, 0.25) is 0 Å². The first-order chi connectivity index (χ1) is 17.6. The number of hydrogen-bond acceptors (Lipinski definition) is 4. The van der Waals surface area contributed by atoms with Crippen LogP contribution in [0.5, 0.6) is 5.75 Å². The van der Waals surface area contributed by atoms with Gasteiger partial charge in [0.1, 0.15) is 5.75 Å². The van der Waals surface area contributed by atoms with Gasteiger partial charge in [0.15, 0.2) is 0 Å². The van der Waals surface area contributed by atoms with Gasteiger partial charge in [-0.3, -0.25) is 9.78 Å². The largest absolute Gasteiger partial charge is 0.426 e. The number of pyridine rings is 1. The predicted octanol–water partition coefficient (Wildman–Crippen LogP) is 8.84. The number of aryl methyl sites for hydroxylation is 1. The van der Waals surface area contributed by atoms with Crippen LogP contribution in [-0.4, -0.2) is 11.0 Å². The summed E-state index contributed by atoms with van der Waals surface area (Å²) in [4.78, 5) is 17.4. The zero-order chi connectivity index (χ0) is 25.6. The van der Waals surface area contributed by atoms with Crippen molar-refractivity contribution in [3.63, 3.8) is 0 Å². The van der Waals surface area contributed by atoms with Crippen LogP contribution in [0.25, 0.3) is 11.3 Å². The van der Waals surface area contributed by atoms with E-state index in [1.807, 2.05) is 30.5 Å². The number of hydrogen-bond donors (Lipinski definition) is 0. The van der Waals surface area contributed by atoms with Crippen molar-refractivity contribution in [2.24, 2.45) is 11.3 Å². The summed E-state index contributed by atoms with van der Waals surface area (Å²) in [6, 6.07) is 14.4. The minimum Gasteiger partial charge on any atom is -0.426 e. The Kier molecular flexibility index (Phi) is 11.5. The van der Waals surface area contributed by atoms with Crippen molar-refractivity contribution in [1.29, 1.82) is 5.26 Å². The smallest absolute Gasteiger partial charge is 0.314 e. The lowest BCUT2D eigenvalue weighted by Gasteiger charge is -2.34. The molecule has 0 unspecified atom stereocenters. The molecule has 0 spiro atoms. The van der Waals surface area contributed by atoms with Crippen LogP contribution in [0.3, 0.4) is 0 Å². The van der Waals surface area contributed by atoms with E-state index >= 15 is 0 Å². The van der Waals surface area contributed by atoms with E-state index in [4.69, 9.17) is 4.74 Å². The van der Waals surface area contributed by atoms with E-state index in [1.165, 1.54) is 56.9 Å². The van der Waals surface area contributed by atoms with Gasteiger partial charge in [0.25, 0.3) is 0 Å². The van der Waals surface area contributed by atoms with E-state index in [2.05, 4.69) is 37.0 Å². The number of aromatic nitrogens is 1. The molecule has 0 amide bonds. The molecule has 0 N–H and O–H groups in total. The highest BCUT2D eigenvalue weighted by atomic mass is 16.5. The van der Waals surface area contributed by atoms with E-state index in [-0.39, 0.29) is 17.3 Å². The Morgan fingerprint density at radius 2 is 1.61 bits per heavy atom. The third kappa shape index (κ3) is 8.47. The summed E-state index contributed by atoms with van der Waals surface area (Å²) >= 11 is 0. The van der Waals surface area contributed by atoms with Crippen LogP contribution in [0.4, 0.5) is 0 Å². The van der Waals surface area contributed by atoms with Crippen molar-refractivity contribution < 1.29 is 9.53 Å². The normalized spacial score (nSPS) is 19.5. The lowest BCUT2D eigenvalue weighted by Crippen LogP contribution is -2.31. The summed E-state index contributed by atoms with van der Waals surface area (Å²) in [7, 11) is 0. The van der Waals surface area contributed by atoms with Gasteiger partial charge >= 0.3 is 5.97 Å². The SMILES string of the molecule is CCCCCCCCC[C@]1(C#N)CC[C@H](C(=O)Oc2ccc(-c3ccc(CCCC)cn3)cc2)CC1. The van der Waals surface area contributed by atoms with Crippen LogP contribution in [0, 0.1) is 22.7 Å². The molecule has 36 heavy (non-hydrogen) atoms. The van der Waals surface area contributed by atoms with Crippen LogP contribution in [0.15, 0.2) is 42.6 Å². The number of rotatable bonds is 14. The predicted molar refractivity (Wildman–Crippen MR) is 147 cm³/mol. The van der Waals surface area contributed by atoms with Gasteiger partial charge in [-0.25, -0.2) is 0 Å². The monoisotopic (exact) mass is 488 g/mol. The lowest BCUT2D eigenvalue weighted by atomic mass is 9.69. The molecule has 4 nitrogen and oxygen atoms in total. The Hall–Kier alpha value is -2.67. The van der Waals surface area contributed by atoms with Gasteiger partial charge in [0, 0.05) is 11.8 Å². The fourth-order valence-electron chi connectivity index (χ4n) is 5.26. The van der Waals surface area contributed by atoms with E-state index in [9.17, 15) is 10.1 Å². The summed E-state index contributed by atoms with van der Waals surface area (Å²) in [5, 5.41) is 9.88. The molecule has 1 heterocycles. The maximum atomic E-state index is 12.8. The highest BCUT2D eigenvalue weighted by molar-refractivity contribution is 5.75. The number of ether oxygens (including phenoxy) is 1. The minimum absolute atomic E-state index is 0.113. The number of esters is 1. The Morgan fingerprint density at radius 3 is 2.22 bits per heavy atom. The Balaban J connectivity index is 1.43. The molecular weight excluding hydrogens is 444 g/mol. The topological polar surface area (TPSA) is 63.0 Å². The molecule has 0 atom stereocenters. The summed E-state index contributed by atoms with van der Waals surface area (Å²) < 4.78 is 5.71. The Morgan fingerprint density at radius 1 is 0.944 bits per heavy atom. The Bertz CT molecular complexity index is 951. The molecular formula is C32H44N2O2. The standard InChI is InChI=1S/C32H44N2O2/c1-3-5-7-8-9-10-11-21-32(25-33)22-19-28(20-23-32)31(35)36-29-16-14-27(15-17-29)30-18-13-26(24-34-30)12-6-4-2/h13-18,24,28H,3-12,19-23H2,1-2H3/t28-,32-. The zero-order valence-electron chi connectivity index (χ0n) is 22.4. The van der Waals surface area contributed by atoms with Crippen molar-refractivity contribution in [2.45, 2.75) is 110 Å². The molecule has 1 fully saturated rings.